The van der Waals surface area contributed by atoms with Gasteiger partial charge in [-0.3, -0.25) is 0 Å². The Morgan fingerprint density at radius 2 is 2.29 bits per heavy atom. The lowest BCUT2D eigenvalue weighted by atomic mass is 10.2. The van der Waals surface area contributed by atoms with Crippen LogP contribution in [-0.4, -0.2) is 18.1 Å². The summed E-state index contributed by atoms with van der Waals surface area (Å²) < 4.78 is 5.44. The maximum atomic E-state index is 5.72. The predicted octanol–water partition coefficient (Wildman–Crippen LogP) is 2.24. The van der Waals surface area contributed by atoms with Crippen LogP contribution in [0.1, 0.15) is 19.4 Å². The third-order valence-corrected chi connectivity index (χ3v) is 1.97. The third kappa shape index (κ3) is 2.86. The fourth-order valence-corrected chi connectivity index (χ4v) is 1.31. The highest BCUT2D eigenvalue weighted by atomic mass is 35.5. The van der Waals surface area contributed by atoms with Gasteiger partial charge in [0.05, 0.1) is 0 Å². The summed E-state index contributed by atoms with van der Waals surface area (Å²) in [6.07, 6.45) is 1.75. The van der Waals surface area contributed by atoms with Crippen LogP contribution in [0, 0.1) is 0 Å². The Morgan fingerprint density at radius 1 is 1.50 bits per heavy atom. The fourth-order valence-electron chi connectivity index (χ4n) is 1.16. The van der Waals surface area contributed by atoms with E-state index in [4.69, 9.17) is 16.3 Å². The van der Waals surface area contributed by atoms with Crippen molar-refractivity contribution < 1.29 is 4.74 Å². The highest BCUT2D eigenvalue weighted by Crippen LogP contribution is 2.21. The van der Waals surface area contributed by atoms with Crippen LogP contribution in [0.3, 0.4) is 0 Å². The second kappa shape index (κ2) is 5.83. The van der Waals surface area contributed by atoms with E-state index in [1.807, 2.05) is 13.8 Å². The zero-order chi connectivity index (χ0) is 10.4. The Bertz CT molecular complexity index is 291. The minimum absolute atomic E-state index is 0.482. The zero-order valence-corrected chi connectivity index (χ0v) is 9.27. The maximum absolute atomic E-state index is 5.72. The molecule has 0 aliphatic carbocycles. The first kappa shape index (κ1) is 11.3. The van der Waals surface area contributed by atoms with E-state index in [-0.39, 0.29) is 0 Å². The van der Waals surface area contributed by atoms with E-state index in [9.17, 15) is 0 Å². The first-order valence-electron chi connectivity index (χ1n) is 4.84. The molecule has 0 amide bonds. The van der Waals surface area contributed by atoms with Gasteiger partial charge in [0.15, 0.2) is 0 Å². The highest BCUT2D eigenvalue weighted by molar-refractivity contribution is 6.29. The average Bonchev–Trinajstić information content (AvgIpc) is 2.45. The summed E-state index contributed by atoms with van der Waals surface area (Å²) in [5.74, 6) is 0.847. The molecule has 0 atom stereocenters. The summed E-state index contributed by atoms with van der Waals surface area (Å²) in [7, 11) is 0. The van der Waals surface area contributed by atoms with Gasteiger partial charge in [-0.2, -0.15) is 0 Å². The second-order valence-electron chi connectivity index (χ2n) is 2.64. The van der Waals surface area contributed by atoms with Gasteiger partial charge in [0, 0.05) is 30.9 Å². The van der Waals surface area contributed by atoms with Crippen molar-refractivity contribution in [2.24, 2.45) is 0 Å². The molecule has 1 aliphatic heterocycles. The monoisotopic (exact) mass is 214 g/mol. The number of fused-ring (bicyclic) bond motifs is 1. The van der Waals surface area contributed by atoms with Crippen molar-refractivity contribution in [3.8, 4) is 5.75 Å². The van der Waals surface area contributed by atoms with Crippen molar-refractivity contribution in [2.45, 2.75) is 20.4 Å². The Morgan fingerprint density at radius 3 is 3.07 bits per heavy atom. The number of hydrogen-bond acceptors (Lipinski definition) is 3. The SMILES string of the molecule is CC.Clc1cc2c(cn1)CNCCO2. The van der Waals surface area contributed by atoms with E-state index in [1.54, 1.807) is 12.3 Å². The number of aromatic nitrogens is 1. The van der Waals surface area contributed by atoms with E-state index >= 15 is 0 Å². The van der Waals surface area contributed by atoms with Crippen molar-refractivity contribution in [3.63, 3.8) is 0 Å². The molecule has 3 nitrogen and oxygen atoms in total. The van der Waals surface area contributed by atoms with Gasteiger partial charge in [0.2, 0.25) is 0 Å². The summed E-state index contributed by atoms with van der Waals surface area (Å²) in [5.41, 5.74) is 1.07. The molecule has 1 aromatic heterocycles. The number of pyridine rings is 1. The van der Waals surface area contributed by atoms with Gasteiger partial charge in [0.25, 0.3) is 0 Å². The lowest BCUT2D eigenvalue weighted by molar-refractivity contribution is 0.325. The molecule has 4 heteroatoms. The lowest BCUT2D eigenvalue weighted by Gasteiger charge is -2.04. The number of hydrogen-bond donors (Lipinski definition) is 1. The fraction of sp³-hybridized carbons (Fsp3) is 0.500. The van der Waals surface area contributed by atoms with Gasteiger partial charge >= 0.3 is 0 Å². The van der Waals surface area contributed by atoms with Crippen LogP contribution in [-0.2, 0) is 6.54 Å². The van der Waals surface area contributed by atoms with E-state index in [0.29, 0.717) is 11.8 Å². The molecule has 2 rings (SSSR count). The number of nitrogens with one attached hydrogen (secondary N) is 1. The molecule has 1 N–H and O–H groups in total. The Balaban J connectivity index is 0.000000461. The predicted molar refractivity (Wildman–Crippen MR) is 57.8 cm³/mol. The van der Waals surface area contributed by atoms with Crippen molar-refractivity contribution in [3.05, 3.63) is 23.0 Å². The molecular formula is C10H15ClN2O. The van der Waals surface area contributed by atoms with E-state index in [1.165, 1.54) is 0 Å². The summed E-state index contributed by atoms with van der Waals surface area (Å²) in [5, 5.41) is 3.70. The van der Waals surface area contributed by atoms with E-state index < -0.39 is 0 Å². The topological polar surface area (TPSA) is 34.2 Å². The molecule has 0 fully saturated rings. The van der Waals surface area contributed by atoms with Crippen molar-refractivity contribution >= 4 is 11.6 Å². The highest BCUT2D eigenvalue weighted by Gasteiger charge is 2.08. The van der Waals surface area contributed by atoms with Gasteiger partial charge in [-0.1, -0.05) is 25.4 Å². The molecule has 0 spiro atoms. The molecule has 0 aromatic carbocycles. The number of rotatable bonds is 0. The zero-order valence-electron chi connectivity index (χ0n) is 8.51. The van der Waals surface area contributed by atoms with Gasteiger partial charge < -0.3 is 10.1 Å². The number of halogens is 1. The van der Waals surface area contributed by atoms with Crippen molar-refractivity contribution in [1.82, 2.24) is 10.3 Å². The summed E-state index contributed by atoms with van der Waals surface area (Å²) in [6, 6.07) is 1.75. The molecular weight excluding hydrogens is 200 g/mol. The van der Waals surface area contributed by atoms with Gasteiger partial charge in [-0.05, 0) is 0 Å². The molecule has 0 bridgehead atoms. The quantitative estimate of drug-likeness (QED) is 0.673. The molecule has 78 valence electrons. The van der Waals surface area contributed by atoms with Crippen LogP contribution in [0.4, 0.5) is 0 Å². The van der Waals surface area contributed by atoms with Gasteiger partial charge in [-0.25, -0.2) is 4.98 Å². The maximum Gasteiger partial charge on any atom is 0.132 e. The molecule has 0 radical (unpaired) electrons. The summed E-state index contributed by atoms with van der Waals surface area (Å²) >= 11 is 5.72. The van der Waals surface area contributed by atoms with E-state index in [2.05, 4.69) is 10.3 Å². The number of nitrogens with zero attached hydrogens (tertiary/aromatic N) is 1. The van der Waals surface area contributed by atoms with Crippen molar-refractivity contribution in [1.29, 1.82) is 0 Å². The number of ether oxygens (including phenoxy) is 1. The lowest BCUT2D eigenvalue weighted by Crippen LogP contribution is -2.16. The van der Waals surface area contributed by atoms with Crippen LogP contribution in [0.15, 0.2) is 12.3 Å². The largest absolute Gasteiger partial charge is 0.492 e. The Kier molecular flexibility index (Phi) is 4.70. The van der Waals surface area contributed by atoms with Crippen molar-refractivity contribution in [2.75, 3.05) is 13.2 Å². The molecule has 0 saturated heterocycles. The summed E-state index contributed by atoms with van der Waals surface area (Å²) in [4.78, 5) is 3.98. The molecule has 0 unspecified atom stereocenters. The van der Waals surface area contributed by atoms with E-state index in [0.717, 1.165) is 24.4 Å². The average molecular weight is 215 g/mol. The molecule has 14 heavy (non-hydrogen) atoms. The third-order valence-electron chi connectivity index (χ3n) is 1.76. The van der Waals surface area contributed by atoms with Crippen LogP contribution in [0.5, 0.6) is 5.75 Å². The smallest absolute Gasteiger partial charge is 0.132 e. The van der Waals surface area contributed by atoms with Gasteiger partial charge in [-0.15, -0.1) is 0 Å². The minimum Gasteiger partial charge on any atom is -0.492 e. The van der Waals surface area contributed by atoms with Gasteiger partial charge in [0.1, 0.15) is 17.5 Å². The Labute approximate surface area is 89.4 Å². The van der Waals surface area contributed by atoms with Crippen LogP contribution < -0.4 is 10.1 Å². The van der Waals surface area contributed by atoms with Crippen LogP contribution >= 0.6 is 11.6 Å². The minimum atomic E-state index is 0.482. The first-order chi connectivity index (χ1) is 6.86. The first-order valence-corrected chi connectivity index (χ1v) is 5.22. The standard InChI is InChI=1S/C8H9ClN2O.C2H6/c9-8-3-7-6(5-11-8)4-10-1-2-12-7;1-2/h3,5,10H,1-2,4H2;1-2H3. The van der Waals surface area contributed by atoms with Crippen LogP contribution in [0.2, 0.25) is 5.15 Å². The second-order valence-corrected chi connectivity index (χ2v) is 3.03. The molecule has 2 heterocycles. The summed E-state index contributed by atoms with van der Waals surface area (Å²) in [6.45, 7) is 6.36. The Hall–Kier alpha value is -0.800. The molecule has 1 aromatic rings. The van der Waals surface area contributed by atoms with Crippen LogP contribution in [0.25, 0.3) is 0 Å². The normalized spacial score (nSPS) is 14.2. The molecule has 1 aliphatic rings. The molecule has 0 saturated carbocycles.